The minimum absolute atomic E-state index is 0.0109. The van der Waals surface area contributed by atoms with E-state index in [1.807, 2.05) is 25.1 Å². The van der Waals surface area contributed by atoms with Crippen molar-refractivity contribution < 1.29 is 4.79 Å². The number of benzene rings is 1. The van der Waals surface area contributed by atoms with E-state index in [1.54, 1.807) is 4.90 Å². The Morgan fingerprint density at radius 1 is 1.29 bits per heavy atom. The quantitative estimate of drug-likeness (QED) is 0.846. The van der Waals surface area contributed by atoms with Crippen molar-refractivity contribution >= 4 is 17.4 Å². The number of nitrogens with zero attached hydrogens (tertiary/aromatic N) is 3. The first-order valence-electron chi connectivity index (χ1n) is 7.10. The third kappa shape index (κ3) is 4.09. The molecule has 1 amide bonds. The molecule has 2 N–H and O–H groups in total. The van der Waals surface area contributed by atoms with E-state index >= 15 is 0 Å². The molecule has 5 nitrogen and oxygen atoms in total. The van der Waals surface area contributed by atoms with Crippen molar-refractivity contribution in [2.24, 2.45) is 5.73 Å². The van der Waals surface area contributed by atoms with Crippen LogP contribution in [0.15, 0.2) is 30.3 Å². The molecule has 0 aliphatic heterocycles. The summed E-state index contributed by atoms with van der Waals surface area (Å²) in [6, 6.07) is 10.1. The Kier molecular flexibility index (Phi) is 5.83. The van der Waals surface area contributed by atoms with Crippen LogP contribution in [0.4, 0.5) is 0 Å². The molecule has 1 aromatic heterocycles. The van der Waals surface area contributed by atoms with Crippen LogP contribution < -0.4 is 5.73 Å². The van der Waals surface area contributed by atoms with Gasteiger partial charge in [-0.3, -0.25) is 4.79 Å². The van der Waals surface area contributed by atoms with Crippen LogP contribution in [0.3, 0.4) is 0 Å². The SMILES string of the molecule is CCc1nnsc1C(=O)N(CCN)CCc1ccccc1. The van der Waals surface area contributed by atoms with Crippen LogP contribution in [-0.4, -0.2) is 40.0 Å². The maximum Gasteiger partial charge on any atom is 0.267 e. The van der Waals surface area contributed by atoms with E-state index < -0.39 is 0 Å². The number of carbonyl (C=O) groups is 1. The number of amides is 1. The maximum absolute atomic E-state index is 12.6. The van der Waals surface area contributed by atoms with Crippen molar-refractivity contribution in [2.75, 3.05) is 19.6 Å². The first-order valence-corrected chi connectivity index (χ1v) is 7.88. The average Bonchev–Trinajstić information content (AvgIpc) is 3.00. The molecule has 0 aliphatic carbocycles. The predicted molar refractivity (Wildman–Crippen MR) is 84.4 cm³/mol. The van der Waals surface area contributed by atoms with Crippen molar-refractivity contribution in [1.29, 1.82) is 0 Å². The van der Waals surface area contributed by atoms with Crippen molar-refractivity contribution in [3.8, 4) is 0 Å². The summed E-state index contributed by atoms with van der Waals surface area (Å²) >= 11 is 1.16. The first-order chi connectivity index (χ1) is 10.3. The highest BCUT2D eigenvalue weighted by molar-refractivity contribution is 7.08. The summed E-state index contributed by atoms with van der Waals surface area (Å²) in [6.45, 7) is 3.63. The topological polar surface area (TPSA) is 72.1 Å². The summed E-state index contributed by atoms with van der Waals surface area (Å²) in [4.78, 5) is 15.0. The molecule has 2 aromatic rings. The molecule has 1 aromatic carbocycles. The van der Waals surface area contributed by atoms with Crippen LogP contribution in [0.2, 0.25) is 0 Å². The van der Waals surface area contributed by atoms with E-state index in [4.69, 9.17) is 5.73 Å². The second kappa shape index (κ2) is 7.85. The van der Waals surface area contributed by atoms with Gasteiger partial charge < -0.3 is 10.6 Å². The Hall–Kier alpha value is -1.79. The Morgan fingerprint density at radius 3 is 2.71 bits per heavy atom. The molecule has 6 heteroatoms. The smallest absolute Gasteiger partial charge is 0.267 e. The van der Waals surface area contributed by atoms with Crippen LogP contribution in [0, 0.1) is 0 Å². The van der Waals surface area contributed by atoms with Gasteiger partial charge in [0.05, 0.1) is 5.69 Å². The van der Waals surface area contributed by atoms with Crippen LogP contribution >= 0.6 is 11.5 Å². The Labute approximate surface area is 128 Å². The summed E-state index contributed by atoms with van der Waals surface area (Å²) < 4.78 is 3.89. The van der Waals surface area contributed by atoms with E-state index in [1.165, 1.54) is 5.56 Å². The molecule has 21 heavy (non-hydrogen) atoms. The molecular weight excluding hydrogens is 284 g/mol. The molecule has 0 saturated carbocycles. The molecule has 1 heterocycles. The van der Waals surface area contributed by atoms with E-state index in [0.717, 1.165) is 23.6 Å². The van der Waals surface area contributed by atoms with Gasteiger partial charge in [0.2, 0.25) is 0 Å². The normalized spacial score (nSPS) is 10.6. The molecule has 112 valence electrons. The lowest BCUT2D eigenvalue weighted by Crippen LogP contribution is -2.37. The van der Waals surface area contributed by atoms with Crippen LogP contribution in [-0.2, 0) is 12.8 Å². The number of aromatic nitrogens is 2. The Morgan fingerprint density at radius 2 is 2.05 bits per heavy atom. The molecular formula is C15H20N4OS. The molecule has 0 radical (unpaired) electrons. The fourth-order valence-corrected chi connectivity index (χ4v) is 2.84. The number of aryl methyl sites for hydroxylation is 1. The van der Waals surface area contributed by atoms with Crippen LogP contribution in [0.25, 0.3) is 0 Å². The lowest BCUT2D eigenvalue weighted by atomic mass is 10.1. The van der Waals surface area contributed by atoms with Gasteiger partial charge in [0.25, 0.3) is 5.91 Å². The first kappa shape index (κ1) is 15.6. The molecule has 0 aliphatic rings. The van der Waals surface area contributed by atoms with Crippen LogP contribution in [0.1, 0.15) is 27.9 Å². The van der Waals surface area contributed by atoms with E-state index in [-0.39, 0.29) is 5.91 Å². The van der Waals surface area contributed by atoms with Gasteiger partial charge in [-0.25, -0.2) is 0 Å². The largest absolute Gasteiger partial charge is 0.336 e. The van der Waals surface area contributed by atoms with E-state index in [2.05, 4.69) is 21.7 Å². The van der Waals surface area contributed by atoms with Crippen LogP contribution in [0.5, 0.6) is 0 Å². The van der Waals surface area contributed by atoms with Gasteiger partial charge in [-0.05, 0) is 29.9 Å². The average molecular weight is 304 g/mol. The third-order valence-corrected chi connectivity index (χ3v) is 4.04. The lowest BCUT2D eigenvalue weighted by Gasteiger charge is -2.21. The minimum Gasteiger partial charge on any atom is -0.336 e. The van der Waals surface area contributed by atoms with Gasteiger partial charge in [-0.1, -0.05) is 41.7 Å². The highest BCUT2D eigenvalue weighted by Crippen LogP contribution is 2.15. The molecule has 0 unspecified atom stereocenters. The monoisotopic (exact) mass is 304 g/mol. The van der Waals surface area contributed by atoms with Gasteiger partial charge in [0.1, 0.15) is 4.88 Å². The standard InChI is InChI=1S/C15H20N4OS/c1-2-13-14(21-18-17-13)15(20)19(11-9-16)10-8-12-6-4-3-5-7-12/h3-7H,2,8-11,16H2,1H3. The number of carbonyl (C=O) groups excluding carboxylic acids is 1. The molecule has 0 atom stereocenters. The van der Waals surface area contributed by atoms with E-state index in [0.29, 0.717) is 30.9 Å². The summed E-state index contributed by atoms with van der Waals surface area (Å²) in [5.41, 5.74) is 7.62. The number of hydrogen-bond acceptors (Lipinski definition) is 5. The zero-order valence-corrected chi connectivity index (χ0v) is 13.0. The summed E-state index contributed by atoms with van der Waals surface area (Å²) in [5, 5.41) is 4.01. The van der Waals surface area contributed by atoms with Gasteiger partial charge in [0.15, 0.2) is 0 Å². The zero-order valence-electron chi connectivity index (χ0n) is 12.2. The third-order valence-electron chi connectivity index (χ3n) is 3.28. The number of rotatable bonds is 7. The Bertz CT molecular complexity index is 570. The highest BCUT2D eigenvalue weighted by Gasteiger charge is 2.21. The second-order valence-corrected chi connectivity index (χ2v) is 5.47. The summed E-state index contributed by atoms with van der Waals surface area (Å²) in [5.74, 6) is -0.0109. The van der Waals surface area contributed by atoms with Gasteiger partial charge >= 0.3 is 0 Å². The van der Waals surface area contributed by atoms with Gasteiger partial charge in [-0.2, -0.15) is 0 Å². The predicted octanol–water partition coefficient (Wildman–Crippen LogP) is 1.74. The summed E-state index contributed by atoms with van der Waals surface area (Å²) in [7, 11) is 0. The number of nitrogens with two attached hydrogens (primary N) is 1. The maximum atomic E-state index is 12.6. The fourth-order valence-electron chi connectivity index (χ4n) is 2.13. The van der Waals surface area contributed by atoms with Crippen molar-refractivity contribution in [3.63, 3.8) is 0 Å². The molecule has 0 spiro atoms. The molecule has 0 saturated heterocycles. The number of hydrogen-bond donors (Lipinski definition) is 1. The summed E-state index contributed by atoms with van der Waals surface area (Å²) in [6.07, 6.45) is 1.53. The minimum atomic E-state index is -0.0109. The molecule has 0 fully saturated rings. The van der Waals surface area contributed by atoms with Gasteiger partial charge in [0, 0.05) is 19.6 Å². The lowest BCUT2D eigenvalue weighted by molar-refractivity contribution is 0.0765. The molecule has 0 bridgehead atoms. The fraction of sp³-hybridized carbons (Fsp3) is 0.400. The highest BCUT2D eigenvalue weighted by atomic mass is 32.1. The van der Waals surface area contributed by atoms with Gasteiger partial charge in [-0.15, -0.1) is 5.10 Å². The van der Waals surface area contributed by atoms with E-state index in [9.17, 15) is 4.79 Å². The Balaban J connectivity index is 2.06. The zero-order chi connectivity index (χ0) is 15.1. The van der Waals surface area contributed by atoms with Crippen molar-refractivity contribution in [2.45, 2.75) is 19.8 Å². The molecule has 2 rings (SSSR count). The van der Waals surface area contributed by atoms with Crippen molar-refractivity contribution in [1.82, 2.24) is 14.5 Å². The van der Waals surface area contributed by atoms with Crippen molar-refractivity contribution in [3.05, 3.63) is 46.5 Å². The second-order valence-electron chi connectivity index (χ2n) is 4.72.